The van der Waals surface area contributed by atoms with Crippen LogP contribution in [0.25, 0.3) is 0 Å². The number of thioether (sulfide) groups is 1. The number of hydrogen-bond donors (Lipinski definition) is 1. The van der Waals surface area contributed by atoms with Crippen molar-refractivity contribution in [2.24, 2.45) is 17.8 Å². The molecule has 6 rings (SSSR count). The molecular formula is C33H44N4O5S. The number of para-hydroxylation sites is 1. The molecule has 0 saturated carbocycles. The summed E-state index contributed by atoms with van der Waals surface area (Å²) >= 11 is 1.59. The van der Waals surface area contributed by atoms with E-state index in [4.69, 9.17) is 4.74 Å². The van der Waals surface area contributed by atoms with Crippen molar-refractivity contribution in [3.63, 3.8) is 0 Å². The second-order valence-electron chi connectivity index (χ2n) is 12.7. The molecule has 1 spiro atoms. The van der Waals surface area contributed by atoms with Crippen molar-refractivity contribution in [1.29, 1.82) is 0 Å². The summed E-state index contributed by atoms with van der Waals surface area (Å²) in [5, 5.41) is 10.7. The molecule has 5 heterocycles. The molecule has 1 aromatic rings. The van der Waals surface area contributed by atoms with E-state index in [9.17, 15) is 19.5 Å². The number of fused-ring (bicyclic) bond motifs is 2. The third-order valence-corrected chi connectivity index (χ3v) is 12.1. The maximum atomic E-state index is 14.8. The van der Waals surface area contributed by atoms with E-state index < -0.39 is 33.4 Å². The van der Waals surface area contributed by atoms with Gasteiger partial charge in [-0.2, -0.15) is 0 Å². The average molecular weight is 609 g/mol. The fraction of sp³-hybridized carbons (Fsp3) is 0.606. The Labute approximate surface area is 258 Å². The van der Waals surface area contributed by atoms with Gasteiger partial charge in [0.15, 0.2) is 0 Å². The van der Waals surface area contributed by atoms with Gasteiger partial charge in [0.25, 0.3) is 0 Å². The summed E-state index contributed by atoms with van der Waals surface area (Å²) in [7, 11) is 0. The largest absolute Gasteiger partial charge is 0.394 e. The van der Waals surface area contributed by atoms with Gasteiger partial charge in [-0.1, -0.05) is 62.8 Å². The van der Waals surface area contributed by atoms with E-state index in [0.29, 0.717) is 32.8 Å². The summed E-state index contributed by atoms with van der Waals surface area (Å²) in [6, 6.07) is 8.26. The zero-order valence-corrected chi connectivity index (χ0v) is 26.2. The molecule has 5 aliphatic rings. The SMILES string of the molecule is CC[C@H](C)[C@H](CO)N1C(=O)[C@@H]2[C@@H]3C(=O)N(c4ccccc4)CC=C[C@]3(C)S[C@@]23C=CCN(CCN2CCOCC2)C(=O)C13. The zero-order chi connectivity index (χ0) is 30.4. The standard InChI is InChI=1S/C33H44N4O5S/c1-4-23(2)25(22-38)37-28-31(41)35(17-16-34-18-20-42-21-19-34)14-9-13-33(28)27(30(37)40)26-29(39)36(24-10-6-5-7-11-24)15-8-12-32(26,3)43-33/h5-13,23,25-28,38H,4,14-22H2,1-3H3/t23-,25-,26+,27-,28?,32-,33-/m0/s1. The van der Waals surface area contributed by atoms with E-state index in [1.165, 1.54) is 0 Å². The number of likely N-dealkylation sites (tertiary alicyclic amines) is 1. The Bertz CT molecular complexity index is 1290. The van der Waals surface area contributed by atoms with Crippen molar-refractivity contribution in [1.82, 2.24) is 14.7 Å². The van der Waals surface area contributed by atoms with Gasteiger partial charge in [-0.25, -0.2) is 0 Å². The van der Waals surface area contributed by atoms with Gasteiger partial charge < -0.3 is 24.5 Å². The van der Waals surface area contributed by atoms with Gasteiger partial charge in [-0.15, -0.1) is 11.8 Å². The molecule has 3 amide bonds. The Morgan fingerprint density at radius 2 is 1.70 bits per heavy atom. The van der Waals surface area contributed by atoms with Crippen LogP contribution in [-0.2, 0) is 19.1 Å². The number of amides is 3. The number of nitrogens with zero attached hydrogens (tertiary/aromatic N) is 4. The minimum absolute atomic E-state index is 0.0198. The van der Waals surface area contributed by atoms with Gasteiger partial charge in [0.1, 0.15) is 6.04 Å². The van der Waals surface area contributed by atoms with Gasteiger partial charge in [0.2, 0.25) is 17.7 Å². The van der Waals surface area contributed by atoms with Crippen LogP contribution in [0, 0.1) is 17.8 Å². The van der Waals surface area contributed by atoms with Gasteiger partial charge in [0, 0.05) is 49.7 Å². The average Bonchev–Trinajstić information content (AvgIpc) is 3.29. The molecule has 0 radical (unpaired) electrons. The van der Waals surface area contributed by atoms with Crippen LogP contribution in [-0.4, -0.2) is 118 Å². The van der Waals surface area contributed by atoms with E-state index in [-0.39, 0.29) is 30.2 Å². The molecule has 3 saturated heterocycles. The monoisotopic (exact) mass is 608 g/mol. The Hall–Kier alpha value is -2.66. The number of carbonyl (C=O) groups is 3. The molecule has 3 fully saturated rings. The number of aliphatic hydroxyl groups is 1. The van der Waals surface area contributed by atoms with Crippen LogP contribution in [0.5, 0.6) is 0 Å². The summed E-state index contributed by atoms with van der Waals surface area (Å²) in [5.41, 5.74) is 0.792. The smallest absolute Gasteiger partial charge is 0.247 e. The fourth-order valence-corrected chi connectivity index (χ4v) is 9.95. The first-order valence-electron chi connectivity index (χ1n) is 15.7. The molecule has 7 atom stereocenters. The maximum Gasteiger partial charge on any atom is 0.247 e. The first-order valence-corrected chi connectivity index (χ1v) is 16.5. The Balaban J connectivity index is 1.41. The zero-order valence-electron chi connectivity index (χ0n) is 25.4. The predicted octanol–water partition coefficient (Wildman–Crippen LogP) is 2.41. The van der Waals surface area contributed by atoms with Crippen molar-refractivity contribution in [3.8, 4) is 0 Å². The summed E-state index contributed by atoms with van der Waals surface area (Å²) in [6.45, 7) is 11.1. The second kappa shape index (κ2) is 12.0. The topological polar surface area (TPSA) is 93.6 Å². The highest BCUT2D eigenvalue weighted by Gasteiger charge is 2.74. The van der Waals surface area contributed by atoms with Crippen molar-refractivity contribution in [2.75, 3.05) is 64.0 Å². The van der Waals surface area contributed by atoms with Crippen molar-refractivity contribution >= 4 is 35.2 Å². The normalized spacial score (nSPS) is 34.1. The van der Waals surface area contributed by atoms with Gasteiger partial charge >= 0.3 is 0 Å². The lowest BCUT2D eigenvalue weighted by molar-refractivity contribution is -0.147. The summed E-state index contributed by atoms with van der Waals surface area (Å²) in [5.74, 6) is -1.81. The number of rotatable bonds is 8. The first-order chi connectivity index (χ1) is 20.8. The summed E-state index contributed by atoms with van der Waals surface area (Å²) in [4.78, 5) is 51.7. The first kappa shape index (κ1) is 30.4. The highest BCUT2D eigenvalue weighted by Crippen LogP contribution is 2.66. The Kier molecular flexibility index (Phi) is 8.49. The molecule has 0 bridgehead atoms. The number of ether oxygens (including phenoxy) is 1. The number of morpholine rings is 1. The van der Waals surface area contributed by atoms with Crippen LogP contribution in [0.1, 0.15) is 27.2 Å². The molecule has 5 aliphatic heterocycles. The highest BCUT2D eigenvalue weighted by molar-refractivity contribution is 8.02. The third-order valence-electron chi connectivity index (χ3n) is 10.3. The van der Waals surface area contributed by atoms with Crippen molar-refractivity contribution < 1.29 is 24.2 Å². The van der Waals surface area contributed by atoms with Gasteiger partial charge in [-0.3, -0.25) is 19.3 Å². The van der Waals surface area contributed by atoms with E-state index in [1.807, 2.05) is 68.2 Å². The van der Waals surface area contributed by atoms with Crippen molar-refractivity contribution in [2.45, 2.75) is 48.8 Å². The second-order valence-corrected chi connectivity index (χ2v) is 14.5. The van der Waals surface area contributed by atoms with Crippen LogP contribution in [0.3, 0.4) is 0 Å². The lowest BCUT2D eigenvalue weighted by Crippen LogP contribution is -2.58. The maximum absolute atomic E-state index is 14.8. The van der Waals surface area contributed by atoms with E-state index in [0.717, 1.165) is 31.7 Å². The van der Waals surface area contributed by atoms with Crippen LogP contribution in [0.4, 0.5) is 5.69 Å². The lowest BCUT2D eigenvalue weighted by Gasteiger charge is -2.41. The molecule has 0 aliphatic carbocycles. The Morgan fingerprint density at radius 1 is 0.977 bits per heavy atom. The van der Waals surface area contributed by atoms with E-state index in [1.54, 1.807) is 21.6 Å². The molecule has 43 heavy (non-hydrogen) atoms. The molecule has 0 aromatic heterocycles. The summed E-state index contributed by atoms with van der Waals surface area (Å²) in [6.07, 6.45) is 8.96. The number of benzene rings is 1. The molecular weight excluding hydrogens is 564 g/mol. The van der Waals surface area contributed by atoms with Gasteiger partial charge in [-0.05, 0) is 25.0 Å². The highest BCUT2D eigenvalue weighted by atomic mass is 32.2. The minimum atomic E-state index is -0.929. The van der Waals surface area contributed by atoms with Gasteiger partial charge in [0.05, 0.1) is 42.4 Å². The predicted molar refractivity (Wildman–Crippen MR) is 168 cm³/mol. The molecule has 1 N–H and O–H groups in total. The number of carbonyl (C=O) groups excluding carboxylic acids is 3. The lowest BCUT2D eigenvalue weighted by atomic mass is 9.74. The number of hydrogen-bond acceptors (Lipinski definition) is 7. The molecule has 232 valence electrons. The molecule has 1 aromatic carbocycles. The van der Waals surface area contributed by atoms with E-state index in [2.05, 4.69) is 17.1 Å². The van der Waals surface area contributed by atoms with Crippen LogP contribution >= 0.6 is 11.8 Å². The van der Waals surface area contributed by atoms with Crippen LogP contribution in [0.2, 0.25) is 0 Å². The number of anilines is 1. The minimum Gasteiger partial charge on any atom is -0.394 e. The molecule has 1 unspecified atom stereocenters. The summed E-state index contributed by atoms with van der Waals surface area (Å²) < 4.78 is 3.90. The van der Waals surface area contributed by atoms with E-state index >= 15 is 0 Å². The molecule has 9 nitrogen and oxygen atoms in total. The quantitative estimate of drug-likeness (QED) is 0.453. The Morgan fingerprint density at radius 3 is 2.40 bits per heavy atom. The van der Waals surface area contributed by atoms with Crippen LogP contribution in [0.15, 0.2) is 54.6 Å². The fourth-order valence-electron chi connectivity index (χ4n) is 7.81. The molecule has 10 heteroatoms. The van der Waals surface area contributed by atoms with Crippen LogP contribution < -0.4 is 4.90 Å². The number of aliphatic hydroxyl groups excluding tert-OH is 1. The third kappa shape index (κ3) is 5.04. The van der Waals surface area contributed by atoms with Crippen molar-refractivity contribution in [3.05, 3.63) is 54.6 Å².